The molecule has 144 valence electrons. The van der Waals surface area contributed by atoms with Gasteiger partial charge in [0.25, 0.3) is 0 Å². The third-order valence-electron chi connectivity index (χ3n) is 4.83. The van der Waals surface area contributed by atoms with E-state index in [4.69, 9.17) is 16.3 Å². The van der Waals surface area contributed by atoms with Crippen LogP contribution in [0.1, 0.15) is 12.8 Å². The Bertz CT molecular complexity index is 769. The number of carbonyl (C=O) groups is 3. The number of ether oxygens (including phenoxy) is 1. The van der Waals surface area contributed by atoms with Gasteiger partial charge >= 0.3 is 0 Å². The molecule has 1 aromatic carbocycles. The minimum absolute atomic E-state index is 0.0142. The van der Waals surface area contributed by atoms with Crippen LogP contribution in [0, 0.1) is 11.8 Å². The Morgan fingerprint density at radius 3 is 2.48 bits per heavy atom. The minimum Gasteiger partial charge on any atom is -0.495 e. The van der Waals surface area contributed by atoms with Gasteiger partial charge in [-0.25, -0.2) is 0 Å². The molecule has 1 heterocycles. The summed E-state index contributed by atoms with van der Waals surface area (Å²) in [5.41, 5.74) is 0.466. The Balaban J connectivity index is 1.59. The van der Waals surface area contributed by atoms with E-state index in [0.717, 1.165) is 0 Å². The van der Waals surface area contributed by atoms with Crippen molar-refractivity contribution in [3.8, 4) is 5.75 Å². The van der Waals surface area contributed by atoms with Gasteiger partial charge in [-0.3, -0.25) is 24.2 Å². The van der Waals surface area contributed by atoms with Crippen LogP contribution in [0.4, 0.5) is 5.69 Å². The van der Waals surface area contributed by atoms with Gasteiger partial charge in [0.2, 0.25) is 17.7 Å². The van der Waals surface area contributed by atoms with E-state index in [1.54, 1.807) is 30.1 Å². The molecule has 0 radical (unpaired) electrons. The lowest BCUT2D eigenvalue weighted by Crippen LogP contribution is -2.42. The summed E-state index contributed by atoms with van der Waals surface area (Å²) in [6.07, 6.45) is 5.10. The summed E-state index contributed by atoms with van der Waals surface area (Å²) in [6, 6.07) is 4.93. The molecule has 0 aromatic heterocycles. The lowest BCUT2D eigenvalue weighted by atomic mass is 9.85. The maximum Gasteiger partial charge on any atom is 0.238 e. The van der Waals surface area contributed by atoms with E-state index in [0.29, 0.717) is 29.3 Å². The van der Waals surface area contributed by atoms with Gasteiger partial charge in [-0.15, -0.1) is 0 Å². The fraction of sp³-hybridized carbons (Fsp3) is 0.421. The number of hydrogen-bond donors (Lipinski definition) is 1. The fourth-order valence-electron chi connectivity index (χ4n) is 3.51. The molecule has 0 bridgehead atoms. The quantitative estimate of drug-likeness (QED) is 0.593. The van der Waals surface area contributed by atoms with Crippen LogP contribution in [0.25, 0.3) is 0 Å². The second-order valence-electron chi connectivity index (χ2n) is 6.81. The predicted octanol–water partition coefficient (Wildman–Crippen LogP) is 2.13. The molecule has 2 unspecified atom stereocenters. The van der Waals surface area contributed by atoms with Gasteiger partial charge in [0, 0.05) is 5.02 Å². The summed E-state index contributed by atoms with van der Waals surface area (Å²) in [4.78, 5) is 40.2. The number of amides is 3. The van der Waals surface area contributed by atoms with Crippen LogP contribution >= 0.6 is 11.6 Å². The number of imide groups is 1. The van der Waals surface area contributed by atoms with Gasteiger partial charge in [0.1, 0.15) is 5.75 Å². The summed E-state index contributed by atoms with van der Waals surface area (Å²) in [6.45, 7) is 0.102. The Labute approximate surface area is 162 Å². The summed E-state index contributed by atoms with van der Waals surface area (Å²) < 4.78 is 5.21. The van der Waals surface area contributed by atoms with E-state index in [-0.39, 0.29) is 42.8 Å². The third kappa shape index (κ3) is 4.14. The molecule has 27 heavy (non-hydrogen) atoms. The number of benzene rings is 1. The molecular formula is C19H22ClN3O4. The highest BCUT2D eigenvalue weighted by molar-refractivity contribution is 6.31. The molecule has 2 atom stereocenters. The fourth-order valence-corrected chi connectivity index (χ4v) is 3.68. The monoisotopic (exact) mass is 391 g/mol. The Morgan fingerprint density at radius 1 is 1.26 bits per heavy atom. The molecule has 1 fully saturated rings. The van der Waals surface area contributed by atoms with E-state index >= 15 is 0 Å². The van der Waals surface area contributed by atoms with Crippen molar-refractivity contribution in [3.63, 3.8) is 0 Å². The second-order valence-corrected chi connectivity index (χ2v) is 7.25. The van der Waals surface area contributed by atoms with Crippen LogP contribution in [0.3, 0.4) is 0 Å². The molecule has 1 N–H and O–H groups in total. The standard InChI is InChI=1S/C19H22ClN3O4/c1-22(10-17(24)21-15-9-12(20)7-8-16(15)27-2)11-23-18(25)13-5-3-4-6-14(13)19(23)26/h3-4,7-9,13-14H,5-6,10-11H2,1-2H3,(H,21,24). The summed E-state index contributed by atoms with van der Waals surface area (Å²) >= 11 is 5.96. The zero-order valence-corrected chi connectivity index (χ0v) is 16.0. The Morgan fingerprint density at radius 2 is 1.89 bits per heavy atom. The highest BCUT2D eigenvalue weighted by Crippen LogP contribution is 2.35. The van der Waals surface area contributed by atoms with E-state index in [2.05, 4.69) is 5.32 Å². The molecule has 3 amide bonds. The van der Waals surface area contributed by atoms with Crippen LogP contribution in [0.2, 0.25) is 5.02 Å². The molecule has 0 spiro atoms. The zero-order chi connectivity index (χ0) is 19.6. The van der Waals surface area contributed by atoms with Gasteiger partial charge in [-0.2, -0.15) is 0 Å². The molecule has 1 aliphatic carbocycles. The van der Waals surface area contributed by atoms with Gasteiger partial charge < -0.3 is 10.1 Å². The average molecular weight is 392 g/mol. The van der Waals surface area contributed by atoms with E-state index in [1.807, 2.05) is 12.2 Å². The first-order valence-corrected chi connectivity index (χ1v) is 9.10. The smallest absolute Gasteiger partial charge is 0.238 e. The van der Waals surface area contributed by atoms with Gasteiger partial charge in [0.05, 0.1) is 37.8 Å². The predicted molar refractivity (Wildman–Crippen MR) is 101 cm³/mol. The molecule has 0 saturated carbocycles. The summed E-state index contributed by atoms with van der Waals surface area (Å²) in [5.74, 6) is -0.634. The molecule has 2 aliphatic rings. The largest absolute Gasteiger partial charge is 0.495 e. The van der Waals surface area contributed by atoms with Crippen molar-refractivity contribution in [3.05, 3.63) is 35.4 Å². The Hall–Kier alpha value is -2.38. The normalized spacial score (nSPS) is 21.6. The van der Waals surface area contributed by atoms with Crippen LogP contribution in [0.15, 0.2) is 30.4 Å². The number of likely N-dealkylation sites (tertiary alicyclic amines) is 1. The van der Waals surface area contributed by atoms with E-state index in [9.17, 15) is 14.4 Å². The number of fused-ring (bicyclic) bond motifs is 1. The number of nitrogens with one attached hydrogen (secondary N) is 1. The molecule has 1 saturated heterocycles. The van der Waals surface area contributed by atoms with Crippen molar-refractivity contribution in [2.45, 2.75) is 12.8 Å². The maximum atomic E-state index is 12.5. The lowest BCUT2D eigenvalue weighted by molar-refractivity contribution is -0.142. The molecule has 3 rings (SSSR count). The highest BCUT2D eigenvalue weighted by atomic mass is 35.5. The first kappa shape index (κ1) is 19.4. The first-order valence-electron chi connectivity index (χ1n) is 8.73. The van der Waals surface area contributed by atoms with Gasteiger partial charge in [-0.1, -0.05) is 23.8 Å². The number of halogens is 1. The SMILES string of the molecule is COc1ccc(Cl)cc1NC(=O)CN(C)CN1C(=O)C2CC=CCC2C1=O. The van der Waals surface area contributed by atoms with Gasteiger partial charge in [0.15, 0.2) is 0 Å². The summed E-state index contributed by atoms with van der Waals surface area (Å²) in [7, 11) is 3.19. The number of rotatable bonds is 6. The molecule has 8 heteroatoms. The maximum absolute atomic E-state index is 12.5. The molecule has 1 aromatic rings. The third-order valence-corrected chi connectivity index (χ3v) is 5.07. The van der Waals surface area contributed by atoms with Crippen molar-refractivity contribution in [1.29, 1.82) is 0 Å². The summed E-state index contributed by atoms with van der Waals surface area (Å²) in [5, 5.41) is 3.22. The van der Waals surface area contributed by atoms with Crippen LogP contribution in [-0.2, 0) is 14.4 Å². The number of allylic oxidation sites excluding steroid dienone is 2. The Kier molecular flexibility index (Phi) is 5.82. The molecule has 1 aliphatic heterocycles. The van der Waals surface area contributed by atoms with E-state index < -0.39 is 0 Å². The van der Waals surface area contributed by atoms with Crippen molar-refractivity contribution >= 4 is 35.0 Å². The lowest BCUT2D eigenvalue weighted by Gasteiger charge is -2.23. The van der Waals surface area contributed by atoms with E-state index in [1.165, 1.54) is 12.0 Å². The zero-order valence-electron chi connectivity index (χ0n) is 15.3. The van der Waals surface area contributed by atoms with Crippen molar-refractivity contribution < 1.29 is 19.1 Å². The second kappa shape index (κ2) is 8.10. The van der Waals surface area contributed by atoms with Gasteiger partial charge in [-0.05, 0) is 38.1 Å². The number of carbonyl (C=O) groups excluding carboxylic acids is 3. The van der Waals surface area contributed by atoms with Crippen molar-refractivity contribution in [2.24, 2.45) is 11.8 Å². The highest BCUT2D eigenvalue weighted by Gasteiger charge is 2.47. The minimum atomic E-state index is -0.295. The number of methoxy groups -OCH3 is 1. The van der Waals surface area contributed by atoms with Crippen LogP contribution in [-0.4, -0.2) is 54.9 Å². The first-order chi connectivity index (χ1) is 12.9. The average Bonchev–Trinajstić information content (AvgIpc) is 2.87. The van der Waals surface area contributed by atoms with Crippen LogP contribution in [0.5, 0.6) is 5.75 Å². The topological polar surface area (TPSA) is 79.0 Å². The number of nitrogens with zero attached hydrogens (tertiary/aromatic N) is 2. The van der Waals surface area contributed by atoms with Crippen molar-refractivity contribution in [1.82, 2.24) is 9.80 Å². The van der Waals surface area contributed by atoms with Crippen molar-refractivity contribution in [2.75, 3.05) is 32.7 Å². The molecular weight excluding hydrogens is 370 g/mol. The van der Waals surface area contributed by atoms with Crippen LogP contribution < -0.4 is 10.1 Å². The number of anilines is 1. The number of likely N-dealkylation sites (N-methyl/N-ethyl adjacent to an activating group) is 1. The molecule has 7 nitrogen and oxygen atoms in total. The number of hydrogen-bond acceptors (Lipinski definition) is 5.